The lowest BCUT2D eigenvalue weighted by atomic mass is 10.1. The van der Waals surface area contributed by atoms with E-state index >= 15 is 0 Å². The fourth-order valence-electron chi connectivity index (χ4n) is 1.87. The summed E-state index contributed by atoms with van der Waals surface area (Å²) in [6.07, 6.45) is -0.411. The predicted molar refractivity (Wildman–Crippen MR) is 79.7 cm³/mol. The standard InChI is InChI=1S/C16H24O5/c1-5-18-15(19-6-2)11-21-14-10-8-9-13(12(14)4)16(17)20-7-3/h8-10,15H,5-7,11H2,1-4H3. The van der Waals surface area contributed by atoms with E-state index in [0.717, 1.165) is 5.56 Å². The fraction of sp³-hybridized carbons (Fsp3) is 0.562. The molecule has 0 saturated heterocycles. The summed E-state index contributed by atoms with van der Waals surface area (Å²) in [4.78, 5) is 11.8. The van der Waals surface area contributed by atoms with Gasteiger partial charge in [-0.15, -0.1) is 0 Å². The van der Waals surface area contributed by atoms with E-state index in [1.807, 2.05) is 26.8 Å². The molecule has 0 fully saturated rings. The van der Waals surface area contributed by atoms with Crippen molar-refractivity contribution in [3.05, 3.63) is 29.3 Å². The van der Waals surface area contributed by atoms with Crippen LogP contribution < -0.4 is 4.74 Å². The van der Waals surface area contributed by atoms with Gasteiger partial charge in [-0.1, -0.05) is 6.07 Å². The Kier molecular flexibility index (Phi) is 7.79. The lowest BCUT2D eigenvalue weighted by Crippen LogP contribution is -2.25. The van der Waals surface area contributed by atoms with Crippen molar-refractivity contribution in [3.8, 4) is 5.75 Å². The molecule has 0 aliphatic heterocycles. The van der Waals surface area contributed by atoms with Crippen molar-refractivity contribution in [2.24, 2.45) is 0 Å². The van der Waals surface area contributed by atoms with Crippen molar-refractivity contribution in [2.75, 3.05) is 26.4 Å². The average molecular weight is 296 g/mol. The lowest BCUT2D eigenvalue weighted by molar-refractivity contribution is -0.152. The largest absolute Gasteiger partial charge is 0.488 e. The van der Waals surface area contributed by atoms with Gasteiger partial charge >= 0.3 is 5.97 Å². The van der Waals surface area contributed by atoms with Gasteiger partial charge in [0.25, 0.3) is 0 Å². The van der Waals surface area contributed by atoms with Gasteiger partial charge in [0.15, 0.2) is 6.29 Å². The minimum atomic E-state index is -0.411. The van der Waals surface area contributed by atoms with Crippen molar-refractivity contribution < 1.29 is 23.7 Å². The Morgan fingerprint density at radius 3 is 2.33 bits per heavy atom. The van der Waals surface area contributed by atoms with Crippen molar-refractivity contribution in [1.29, 1.82) is 0 Å². The van der Waals surface area contributed by atoms with E-state index in [1.54, 1.807) is 19.1 Å². The molecule has 0 bridgehead atoms. The molecule has 0 atom stereocenters. The second-order valence-corrected chi connectivity index (χ2v) is 4.30. The molecule has 118 valence electrons. The first kappa shape index (κ1) is 17.5. The number of benzene rings is 1. The zero-order valence-corrected chi connectivity index (χ0v) is 13.2. The van der Waals surface area contributed by atoms with Crippen LogP contribution in [0, 0.1) is 6.92 Å². The Hall–Kier alpha value is -1.59. The molecule has 0 unspecified atom stereocenters. The molecular formula is C16H24O5. The van der Waals surface area contributed by atoms with Crippen LogP contribution >= 0.6 is 0 Å². The molecule has 0 heterocycles. The number of carbonyl (C=O) groups excluding carboxylic acids is 1. The monoisotopic (exact) mass is 296 g/mol. The van der Waals surface area contributed by atoms with Crippen LogP contribution in [-0.2, 0) is 14.2 Å². The molecule has 0 aliphatic rings. The first-order valence-electron chi connectivity index (χ1n) is 7.26. The minimum absolute atomic E-state index is 0.273. The molecule has 0 amide bonds. The van der Waals surface area contributed by atoms with Crippen molar-refractivity contribution in [3.63, 3.8) is 0 Å². The van der Waals surface area contributed by atoms with Crippen molar-refractivity contribution >= 4 is 5.97 Å². The molecule has 0 N–H and O–H groups in total. The zero-order chi connectivity index (χ0) is 15.7. The van der Waals surface area contributed by atoms with Crippen LogP contribution in [0.1, 0.15) is 36.7 Å². The molecular weight excluding hydrogens is 272 g/mol. The average Bonchev–Trinajstić information content (AvgIpc) is 2.46. The van der Waals surface area contributed by atoms with Crippen LogP contribution in [0.5, 0.6) is 5.75 Å². The molecule has 1 rings (SSSR count). The first-order chi connectivity index (χ1) is 10.1. The molecule has 0 aromatic heterocycles. The van der Waals surface area contributed by atoms with Gasteiger partial charge in [0.1, 0.15) is 12.4 Å². The Morgan fingerprint density at radius 2 is 1.76 bits per heavy atom. The maximum Gasteiger partial charge on any atom is 0.338 e. The van der Waals surface area contributed by atoms with Gasteiger partial charge in [-0.05, 0) is 39.8 Å². The van der Waals surface area contributed by atoms with E-state index in [9.17, 15) is 4.79 Å². The van der Waals surface area contributed by atoms with Gasteiger partial charge in [-0.2, -0.15) is 0 Å². The molecule has 1 aromatic carbocycles. The molecule has 1 aromatic rings. The molecule has 5 nitrogen and oxygen atoms in total. The highest BCUT2D eigenvalue weighted by Gasteiger charge is 2.15. The minimum Gasteiger partial charge on any atom is -0.488 e. The molecule has 0 radical (unpaired) electrons. The summed E-state index contributed by atoms with van der Waals surface area (Å²) < 4.78 is 21.6. The Labute approximate surface area is 126 Å². The molecule has 21 heavy (non-hydrogen) atoms. The SMILES string of the molecule is CCOC(=O)c1cccc(OCC(OCC)OCC)c1C. The first-order valence-corrected chi connectivity index (χ1v) is 7.26. The van der Waals surface area contributed by atoms with E-state index in [2.05, 4.69) is 0 Å². The summed E-state index contributed by atoms with van der Waals surface area (Å²) in [6.45, 7) is 9.14. The van der Waals surface area contributed by atoms with Crippen LogP contribution in [0.2, 0.25) is 0 Å². The van der Waals surface area contributed by atoms with Gasteiger partial charge in [0, 0.05) is 18.8 Å². The van der Waals surface area contributed by atoms with Gasteiger partial charge in [0.05, 0.1) is 12.2 Å². The highest BCUT2D eigenvalue weighted by Crippen LogP contribution is 2.22. The van der Waals surface area contributed by atoms with Crippen LogP contribution in [-0.4, -0.2) is 38.7 Å². The van der Waals surface area contributed by atoms with Crippen molar-refractivity contribution in [1.82, 2.24) is 0 Å². The summed E-state index contributed by atoms with van der Waals surface area (Å²) in [7, 11) is 0. The summed E-state index contributed by atoms with van der Waals surface area (Å²) in [5.41, 5.74) is 1.27. The second-order valence-electron chi connectivity index (χ2n) is 4.30. The topological polar surface area (TPSA) is 54.0 Å². The van der Waals surface area contributed by atoms with Gasteiger partial charge in [0.2, 0.25) is 0 Å². The zero-order valence-electron chi connectivity index (χ0n) is 13.2. The highest BCUT2D eigenvalue weighted by molar-refractivity contribution is 5.91. The number of esters is 1. The second kappa shape index (κ2) is 9.37. The van der Waals surface area contributed by atoms with E-state index in [4.69, 9.17) is 18.9 Å². The highest BCUT2D eigenvalue weighted by atomic mass is 16.7. The van der Waals surface area contributed by atoms with Gasteiger partial charge < -0.3 is 18.9 Å². The maximum absolute atomic E-state index is 11.8. The molecule has 0 spiro atoms. The van der Waals surface area contributed by atoms with Gasteiger partial charge in [-0.3, -0.25) is 0 Å². The van der Waals surface area contributed by atoms with E-state index in [1.165, 1.54) is 0 Å². The molecule has 0 saturated carbocycles. The number of ether oxygens (including phenoxy) is 4. The summed E-state index contributed by atoms with van der Waals surface area (Å²) in [6, 6.07) is 5.31. The third kappa shape index (κ3) is 5.36. The summed E-state index contributed by atoms with van der Waals surface area (Å²) in [5, 5.41) is 0. The normalized spacial score (nSPS) is 10.7. The van der Waals surface area contributed by atoms with Crippen LogP contribution in [0.25, 0.3) is 0 Å². The van der Waals surface area contributed by atoms with Crippen molar-refractivity contribution in [2.45, 2.75) is 34.0 Å². The summed E-state index contributed by atoms with van der Waals surface area (Å²) >= 11 is 0. The summed E-state index contributed by atoms with van der Waals surface area (Å²) in [5.74, 6) is 0.288. The van der Waals surface area contributed by atoms with E-state index in [-0.39, 0.29) is 12.6 Å². The number of hydrogen-bond acceptors (Lipinski definition) is 5. The predicted octanol–water partition coefficient (Wildman–Crippen LogP) is 2.95. The molecule has 0 aliphatic carbocycles. The van der Waals surface area contributed by atoms with E-state index < -0.39 is 6.29 Å². The van der Waals surface area contributed by atoms with Crippen LogP contribution in [0.4, 0.5) is 0 Å². The third-order valence-electron chi connectivity index (χ3n) is 2.86. The third-order valence-corrected chi connectivity index (χ3v) is 2.86. The Balaban J connectivity index is 2.75. The van der Waals surface area contributed by atoms with E-state index in [0.29, 0.717) is 31.1 Å². The number of carbonyl (C=O) groups is 1. The van der Waals surface area contributed by atoms with Crippen LogP contribution in [0.3, 0.4) is 0 Å². The number of rotatable bonds is 9. The Bertz CT molecular complexity index is 438. The van der Waals surface area contributed by atoms with Crippen LogP contribution in [0.15, 0.2) is 18.2 Å². The Morgan fingerprint density at radius 1 is 1.10 bits per heavy atom. The number of hydrogen-bond donors (Lipinski definition) is 0. The fourth-order valence-corrected chi connectivity index (χ4v) is 1.87. The van der Waals surface area contributed by atoms with Gasteiger partial charge in [-0.25, -0.2) is 4.79 Å². The maximum atomic E-state index is 11.8. The molecule has 5 heteroatoms. The lowest BCUT2D eigenvalue weighted by Gasteiger charge is -2.18. The smallest absolute Gasteiger partial charge is 0.338 e. The quantitative estimate of drug-likeness (QED) is 0.518.